The van der Waals surface area contributed by atoms with Gasteiger partial charge in [-0.15, -0.1) is 0 Å². The van der Waals surface area contributed by atoms with E-state index in [4.69, 9.17) is 16.3 Å². The van der Waals surface area contributed by atoms with E-state index in [2.05, 4.69) is 20.3 Å². The smallest absolute Gasteiger partial charge is 0.325 e. The van der Waals surface area contributed by atoms with Gasteiger partial charge in [0.1, 0.15) is 11.6 Å². The number of nitrogens with one attached hydrogen (secondary N) is 1. The van der Waals surface area contributed by atoms with E-state index in [1.165, 1.54) is 0 Å². The van der Waals surface area contributed by atoms with Crippen LogP contribution in [0.25, 0.3) is 5.69 Å². The van der Waals surface area contributed by atoms with Crippen LogP contribution in [0.5, 0.6) is 5.75 Å². The Balaban J connectivity index is 1.38. The number of imidazole rings is 1. The maximum Gasteiger partial charge on any atom is 0.325 e. The van der Waals surface area contributed by atoms with Crippen LogP contribution in [0.15, 0.2) is 43.0 Å². The number of urea groups is 1. The van der Waals surface area contributed by atoms with Crippen LogP contribution < -0.4 is 15.0 Å². The van der Waals surface area contributed by atoms with Crippen LogP contribution in [0.1, 0.15) is 18.5 Å². The Morgan fingerprint density at radius 2 is 2.03 bits per heavy atom. The highest BCUT2D eigenvalue weighted by Gasteiger charge is 2.47. The van der Waals surface area contributed by atoms with Crippen molar-refractivity contribution in [2.45, 2.75) is 18.4 Å². The van der Waals surface area contributed by atoms with Gasteiger partial charge in [0.05, 0.1) is 30.4 Å². The van der Waals surface area contributed by atoms with Gasteiger partial charge in [0.25, 0.3) is 0 Å². The van der Waals surface area contributed by atoms with Gasteiger partial charge in [-0.2, -0.15) is 4.98 Å². The van der Waals surface area contributed by atoms with Crippen molar-refractivity contribution in [3.63, 3.8) is 0 Å². The highest BCUT2D eigenvalue weighted by Crippen LogP contribution is 2.47. The molecule has 1 N–H and O–H groups in total. The second kappa shape index (κ2) is 7.42. The summed E-state index contributed by atoms with van der Waals surface area (Å²) in [7, 11) is 3.40. The van der Waals surface area contributed by atoms with Crippen molar-refractivity contribution >= 4 is 29.4 Å². The first-order valence-electron chi connectivity index (χ1n) is 10.0. The molecule has 2 aromatic heterocycles. The molecule has 1 saturated heterocycles. The average Bonchev–Trinajstić information content (AvgIpc) is 3.21. The maximum absolute atomic E-state index is 12.3. The van der Waals surface area contributed by atoms with Crippen LogP contribution in [0, 0.1) is 0 Å². The van der Waals surface area contributed by atoms with Crippen molar-refractivity contribution in [3.8, 4) is 11.4 Å². The first-order chi connectivity index (χ1) is 15.0. The van der Waals surface area contributed by atoms with Crippen molar-refractivity contribution in [1.29, 1.82) is 0 Å². The molecule has 0 atom stereocenters. The number of carbonyl (C=O) groups is 1. The highest BCUT2D eigenvalue weighted by atomic mass is 35.5. The Hall–Kier alpha value is -3.33. The fourth-order valence-electron chi connectivity index (χ4n) is 3.73. The quantitative estimate of drug-likeness (QED) is 0.634. The molecule has 160 valence electrons. The van der Waals surface area contributed by atoms with Crippen molar-refractivity contribution in [3.05, 3.63) is 53.7 Å². The van der Waals surface area contributed by atoms with Gasteiger partial charge in [0.15, 0.2) is 0 Å². The van der Waals surface area contributed by atoms with E-state index >= 15 is 0 Å². The van der Waals surface area contributed by atoms with Gasteiger partial charge in [-0.1, -0.05) is 11.6 Å². The number of halogens is 1. The molecule has 3 heterocycles. The summed E-state index contributed by atoms with van der Waals surface area (Å²) in [4.78, 5) is 29.2. The van der Waals surface area contributed by atoms with Crippen LogP contribution in [0.4, 0.5) is 16.6 Å². The number of hydrogen-bond donors (Lipinski definition) is 1. The molecule has 2 amide bonds. The van der Waals surface area contributed by atoms with E-state index in [0.717, 1.165) is 24.2 Å². The van der Waals surface area contributed by atoms with Gasteiger partial charge in [0.2, 0.25) is 5.95 Å². The first kappa shape index (κ1) is 19.6. The van der Waals surface area contributed by atoms with Gasteiger partial charge in [-0.3, -0.25) is 4.90 Å². The van der Waals surface area contributed by atoms with E-state index in [9.17, 15) is 4.79 Å². The predicted molar refractivity (Wildman–Crippen MR) is 117 cm³/mol. The summed E-state index contributed by atoms with van der Waals surface area (Å²) >= 11 is 6.21. The zero-order valence-electron chi connectivity index (χ0n) is 17.2. The molecule has 1 aliphatic heterocycles. The van der Waals surface area contributed by atoms with Crippen LogP contribution in [0.3, 0.4) is 0 Å². The number of hydrogen-bond acceptors (Lipinski definition) is 6. The Morgan fingerprint density at radius 1 is 1.19 bits per heavy atom. The summed E-state index contributed by atoms with van der Waals surface area (Å²) in [6.07, 6.45) is 7.25. The van der Waals surface area contributed by atoms with Gasteiger partial charge < -0.3 is 19.5 Å². The van der Waals surface area contributed by atoms with E-state index in [0.29, 0.717) is 35.6 Å². The zero-order chi connectivity index (χ0) is 21.6. The number of amides is 2. The summed E-state index contributed by atoms with van der Waals surface area (Å²) in [5.74, 6) is 1.76. The third-order valence-corrected chi connectivity index (χ3v) is 5.92. The number of nitrogens with zero attached hydrogens (tertiary/aromatic N) is 6. The molecule has 0 spiro atoms. The summed E-state index contributed by atoms with van der Waals surface area (Å²) in [5.41, 5.74) is 1.45. The Labute approximate surface area is 184 Å². The van der Waals surface area contributed by atoms with Gasteiger partial charge in [-0.05, 0) is 31.0 Å². The standard InChI is InChI=1S/C21H22ClN7O2/c1-27-7-8-29(20(27)30)18-3-6-23-19(25-18)26-21(4-5-21)17-12-28(13-24-17)15-9-14(22)10-16(11-15)31-2/h3,6,9-13H,4-5,7-8H2,1-2H3,(H,23,25,26). The molecule has 0 radical (unpaired) electrons. The van der Waals surface area contributed by atoms with Crippen molar-refractivity contribution in [1.82, 2.24) is 24.4 Å². The normalized spacial score (nSPS) is 17.2. The fraction of sp³-hybridized carbons (Fsp3) is 0.333. The monoisotopic (exact) mass is 439 g/mol. The number of likely N-dealkylation sites (N-methyl/N-ethyl adjacent to an activating group) is 1. The van der Waals surface area contributed by atoms with Crippen LogP contribution in [-0.2, 0) is 5.54 Å². The molecular weight excluding hydrogens is 418 g/mol. The van der Waals surface area contributed by atoms with Crippen molar-refractivity contribution < 1.29 is 9.53 Å². The molecule has 3 aromatic rings. The lowest BCUT2D eigenvalue weighted by Crippen LogP contribution is -2.30. The van der Waals surface area contributed by atoms with Gasteiger partial charge in [-0.25, -0.2) is 14.8 Å². The molecule has 31 heavy (non-hydrogen) atoms. The first-order valence-corrected chi connectivity index (χ1v) is 10.4. The zero-order valence-corrected chi connectivity index (χ0v) is 18.0. The molecule has 1 aromatic carbocycles. The van der Waals surface area contributed by atoms with Crippen molar-refractivity contribution in [2.75, 3.05) is 37.5 Å². The topological polar surface area (TPSA) is 88.4 Å². The molecule has 2 fully saturated rings. The lowest BCUT2D eigenvalue weighted by atomic mass is 10.2. The van der Waals surface area contributed by atoms with E-state index in [1.807, 2.05) is 22.9 Å². The van der Waals surface area contributed by atoms with Gasteiger partial charge in [0, 0.05) is 43.6 Å². The summed E-state index contributed by atoms with van der Waals surface area (Å²) < 4.78 is 7.23. The minimum atomic E-state index is -0.321. The lowest BCUT2D eigenvalue weighted by Gasteiger charge is -2.18. The van der Waals surface area contributed by atoms with E-state index in [1.54, 1.807) is 48.6 Å². The molecular formula is C21H22ClN7O2. The number of anilines is 2. The molecule has 10 heteroatoms. The third kappa shape index (κ3) is 3.65. The Bertz CT molecular complexity index is 1140. The Morgan fingerprint density at radius 3 is 2.74 bits per heavy atom. The summed E-state index contributed by atoms with van der Waals surface area (Å²) in [6.45, 7) is 1.30. The fourth-order valence-corrected chi connectivity index (χ4v) is 3.95. The average molecular weight is 440 g/mol. The second-order valence-corrected chi connectivity index (χ2v) is 8.25. The predicted octanol–water partition coefficient (Wildman–Crippen LogP) is 3.30. The third-order valence-electron chi connectivity index (χ3n) is 5.70. The minimum Gasteiger partial charge on any atom is -0.497 e. The largest absolute Gasteiger partial charge is 0.497 e. The SMILES string of the molecule is COc1cc(Cl)cc(-n2cnc(C3(Nc4nccc(N5CCN(C)C5=O)n4)CC3)c2)c1. The molecule has 2 aliphatic rings. The number of aromatic nitrogens is 4. The second-order valence-electron chi connectivity index (χ2n) is 7.82. The number of ether oxygens (including phenoxy) is 1. The summed E-state index contributed by atoms with van der Waals surface area (Å²) in [6, 6.07) is 7.23. The number of carbonyl (C=O) groups excluding carboxylic acids is 1. The van der Waals surface area contributed by atoms with Crippen LogP contribution >= 0.6 is 11.6 Å². The van der Waals surface area contributed by atoms with Crippen LogP contribution in [0.2, 0.25) is 5.02 Å². The number of benzene rings is 1. The Kier molecular flexibility index (Phi) is 4.70. The van der Waals surface area contributed by atoms with E-state index in [-0.39, 0.29) is 11.6 Å². The summed E-state index contributed by atoms with van der Waals surface area (Å²) in [5, 5.41) is 4.03. The van der Waals surface area contributed by atoms with Crippen LogP contribution in [-0.4, -0.2) is 57.7 Å². The molecule has 9 nitrogen and oxygen atoms in total. The molecule has 0 bridgehead atoms. The number of methoxy groups -OCH3 is 1. The molecule has 1 aliphatic carbocycles. The molecule has 1 saturated carbocycles. The van der Waals surface area contributed by atoms with Gasteiger partial charge >= 0.3 is 6.03 Å². The maximum atomic E-state index is 12.3. The van der Waals surface area contributed by atoms with E-state index < -0.39 is 0 Å². The number of rotatable bonds is 6. The minimum absolute atomic E-state index is 0.0542. The molecule has 5 rings (SSSR count). The highest BCUT2D eigenvalue weighted by molar-refractivity contribution is 6.30. The molecule has 0 unspecified atom stereocenters. The lowest BCUT2D eigenvalue weighted by molar-refractivity contribution is 0.229. The van der Waals surface area contributed by atoms with Crippen molar-refractivity contribution in [2.24, 2.45) is 0 Å².